The van der Waals surface area contributed by atoms with Crippen molar-refractivity contribution in [1.29, 1.82) is 0 Å². The fraction of sp³-hybridized carbons (Fsp3) is 0.278. The molecule has 1 amide bonds. The van der Waals surface area contributed by atoms with Crippen molar-refractivity contribution < 1.29 is 9.18 Å². The van der Waals surface area contributed by atoms with Gasteiger partial charge in [0, 0.05) is 24.5 Å². The van der Waals surface area contributed by atoms with Crippen molar-refractivity contribution in [3.63, 3.8) is 0 Å². The standard InChI is InChI=1S/C18H18FN5O/c1-17-10-18(17,23-16(20)24(2)15(17)25)13-8-11(5-6-14(13)19)22-12-4-3-7-21-9-12/h3-9,22H,10H2,1-2H3,(H2,20,23)/t17?,18-/m1/s1. The Morgan fingerprint density at radius 3 is 2.84 bits per heavy atom. The van der Waals surface area contributed by atoms with E-state index in [4.69, 9.17) is 5.73 Å². The summed E-state index contributed by atoms with van der Waals surface area (Å²) in [5, 5.41) is 3.19. The molecule has 1 aliphatic heterocycles. The number of anilines is 2. The normalized spacial score (nSPS) is 27.6. The zero-order chi connectivity index (χ0) is 17.8. The van der Waals surface area contributed by atoms with Gasteiger partial charge in [0.15, 0.2) is 5.96 Å². The van der Waals surface area contributed by atoms with Gasteiger partial charge in [0.05, 0.1) is 17.3 Å². The summed E-state index contributed by atoms with van der Waals surface area (Å²) in [7, 11) is 1.59. The lowest BCUT2D eigenvalue weighted by atomic mass is 9.92. The zero-order valence-corrected chi connectivity index (χ0v) is 14.0. The van der Waals surface area contributed by atoms with Crippen LogP contribution >= 0.6 is 0 Å². The largest absolute Gasteiger partial charge is 0.369 e. The Balaban J connectivity index is 1.77. The third kappa shape index (κ3) is 2.12. The molecular weight excluding hydrogens is 321 g/mol. The van der Waals surface area contributed by atoms with E-state index in [0.717, 1.165) is 5.69 Å². The highest BCUT2D eigenvalue weighted by atomic mass is 19.1. The third-order valence-electron chi connectivity index (χ3n) is 5.19. The van der Waals surface area contributed by atoms with Gasteiger partial charge in [0.2, 0.25) is 5.91 Å². The molecule has 1 aromatic carbocycles. The highest BCUT2D eigenvalue weighted by molar-refractivity contribution is 6.04. The van der Waals surface area contributed by atoms with Gasteiger partial charge >= 0.3 is 0 Å². The van der Waals surface area contributed by atoms with Gasteiger partial charge in [-0.15, -0.1) is 0 Å². The molecule has 1 aromatic heterocycles. The first-order valence-corrected chi connectivity index (χ1v) is 7.98. The van der Waals surface area contributed by atoms with Crippen molar-refractivity contribution in [3.05, 3.63) is 54.1 Å². The molecule has 0 bridgehead atoms. The van der Waals surface area contributed by atoms with Crippen LogP contribution in [0.4, 0.5) is 15.8 Å². The first kappa shape index (κ1) is 15.6. The second kappa shape index (κ2) is 5.02. The predicted octanol–water partition coefficient (Wildman–Crippen LogP) is 2.36. The fourth-order valence-corrected chi connectivity index (χ4v) is 3.60. The van der Waals surface area contributed by atoms with E-state index in [-0.39, 0.29) is 11.9 Å². The topological polar surface area (TPSA) is 83.6 Å². The number of nitrogens with two attached hydrogens (primary N) is 1. The van der Waals surface area contributed by atoms with Crippen molar-refractivity contribution in [2.45, 2.75) is 18.9 Å². The smallest absolute Gasteiger partial charge is 0.237 e. The maximum atomic E-state index is 14.6. The van der Waals surface area contributed by atoms with E-state index in [9.17, 15) is 9.18 Å². The number of fused-ring (bicyclic) bond motifs is 1. The second-order valence-electron chi connectivity index (χ2n) is 6.76. The number of carbonyl (C=O) groups is 1. The second-order valence-corrected chi connectivity index (χ2v) is 6.76. The Kier molecular flexibility index (Phi) is 3.12. The Hall–Kier alpha value is -2.96. The molecule has 3 N–H and O–H groups in total. The predicted molar refractivity (Wildman–Crippen MR) is 92.7 cm³/mol. The number of aromatic nitrogens is 1. The number of guanidine groups is 1. The number of benzene rings is 1. The number of halogens is 1. The summed E-state index contributed by atoms with van der Waals surface area (Å²) in [6.07, 6.45) is 3.80. The van der Waals surface area contributed by atoms with Crippen LogP contribution in [0.5, 0.6) is 0 Å². The van der Waals surface area contributed by atoms with E-state index in [1.54, 1.807) is 31.6 Å². The van der Waals surface area contributed by atoms with E-state index in [1.165, 1.54) is 11.0 Å². The van der Waals surface area contributed by atoms with Crippen molar-refractivity contribution >= 4 is 23.2 Å². The molecule has 128 valence electrons. The quantitative estimate of drug-likeness (QED) is 0.899. The summed E-state index contributed by atoms with van der Waals surface area (Å²) in [6, 6.07) is 8.40. The molecule has 2 atom stereocenters. The third-order valence-corrected chi connectivity index (χ3v) is 5.19. The number of carbonyl (C=O) groups excluding carboxylic acids is 1. The van der Waals surface area contributed by atoms with Crippen LogP contribution in [0.15, 0.2) is 47.7 Å². The van der Waals surface area contributed by atoms with E-state index >= 15 is 0 Å². The van der Waals surface area contributed by atoms with E-state index < -0.39 is 16.8 Å². The molecule has 0 spiro atoms. The number of nitrogens with one attached hydrogen (secondary N) is 1. The van der Waals surface area contributed by atoms with Crippen LogP contribution in [0.2, 0.25) is 0 Å². The van der Waals surface area contributed by atoms with Gasteiger partial charge in [-0.1, -0.05) is 0 Å². The monoisotopic (exact) mass is 339 g/mol. The van der Waals surface area contributed by atoms with Crippen LogP contribution in [0.25, 0.3) is 0 Å². The molecule has 4 rings (SSSR count). The molecule has 6 nitrogen and oxygen atoms in total. The fourth-order valence-electron chi connectivity index (χ4n) is 3.60. The van der Waals surface area contributed by atoms with Crippen LogP contribution < -0.4 is 11.1 Å². The Labute approximate surface area is 144 Å². The highest BCUT2D eigenvalue weighted by Gasteiger charge is 2.74. The van der Waals surface area contributed by atoms with Gasteiger partial charge in [0.1, 0.15) is 11.4 Å². The van der Waals surface area contributed by atoms with Crippen molar-refractivity contribution in [2.24, 2.45) is 16.1 Å². The van der Waals surface area contributed by atoms with Crippen LogP contribution in [-0.4, -0.2) is 28.8 Å². The number of rotatable bonds is 3. The first-order valence-electron chi connectivity index (χ1n) is 7.98. The molecule has 7 heteroatoms. The van der Waals surface area contributed by atoms with Crippen molar-refractivity contribution in [3.8, 4) is 0 Å². The number of nitrogens with zero attached hydrogens (tertiary/aromatic N) is 3. The van der Waals surface area contributed by atoms with Gasteiger partial charge in [0.25, 0.3) is 0 Å². The summed E-state index contributed by atoms with van der Waals surface area (Å²) in [4.78, 5) is 22.5. The molecule has 1 unspecified atom stereocenters. The maximum absolute atomic E-state index is 14.6. The van der Waals surface area contributed by atoms with E-state index in [2.05, 4.69) is 15.3 Å². The lowest BCUT2D eigenvalue weighted by Crippen LogP contribution is -2.48. The molecule has 1 saturated carbocycles. The Morgan fingerprint density at radius 1 is 1.32 bits per heavy atom. The van der Waals surface area contributed by atoms with Gasteiger partial charge in [-0.05, 0) is 43.7 Å². The summed E-state index contributed by atoms with van der Waals surface area (Å²) < 4.78 is 14.6. The average molecular weight is 339 g/mol. The minimum Gasteiger partial charge on any atom is -0.369 e. The number of hydrogen-bond donors (Lipinski definition) is 2. The minimum atomic E-state index is -0.933. The maximum Gasteiger partial charge on any atom is 0.237 e. The zero-order valence-electron chi connectivity index (χ0n) is 14.0. The molecule has 2 aliphatic rings. The minimum absolute atomic E-state index is 0.116. The first-order chi connectivity index (χ1) is 11.9. The number of aliphatic imine (C=N–C) groups is 1. The van der Waals surface area contributed by atoms with Crippen LogP contribution in [0.1, 0.15) is 18.9 Å². The summed E-state index contributed by atoms with van der Waals surface area (Å²) in [5.74, 6) is -0.413. The highest BCUT2D eigenvalue weighted by Crippen LogP contribution is 2.68. The molecule has 0 radical (unpaired) electrons. The summed E-state index contributed by atoms with van der Waals surface area (Å²) in [6.45, 7) is 1.81. The van der Waals surface area contributed by atoms with Crippen LogP contribution in [0, 0.1) is 11.2 Å². The van der Waals surface area contributed by atoms with Gasteiger partial charge < -0.3 is 11.1 Å². The molecule has 25 heavy (non-hydrogen) atoms. The van der Waals surface area contributed by atoms with E-state index in [0.29, 0.717) is 17.7 Å². The number of hydrogen-bond acceptors (Lipinski definition) is 5. The van der Waals surface area contributed by atoms with Gasteiger partial charge in [-0.3, -0.25) is 14.7 Å². The molecule has 2 aromatic rings. The molecule has 1 aliphatic carbocycles. The Bertz CT molecular complexity index is 900. The molecule has 1 fully saturated rings. The SMILES string of the molecule is CN1C(=O)C2(C)C[C@]2(c2cc(Nc3cccnc3)ccc2F)N=C1N. The molecule has 0 saturated heterocycles. The van der Waals surface area contributed by atoms with Crippen molar-refractivity contribution in [2.75, 3.05) is 12.4 Å². The number of pyridine rings is 1. The van der Waals surface area contributed by atoms with Gasteiger partial charge in [-0.25, -0.2) is 9.38 Å². The number of amides is 1. The van der Waals surface area contributed by atoms with Gasteiger partial charge in [-0.2, -0.15) is 0 Å². The lowest BCUT2D eigenvalue weighted by molar-refractivity contribution is -0.132. The Morgan fingerprint density at radius 2 is 2.12 bits per heavy atom. The van der Waals surface area contributed by atoms with E-state index in [1.807, 2.05) is 19.1 Å². The lowest BCUT2D eigenvalue weighted by Gasteiger charge is -2.30. The molecule has 2 heterocycles. The van der Waals surface area contributed by atoms with Crippen LogP contribution in [0.3, 0.4) is 0 Å². The molecular formula is C18H18FN5O. The summed E-state index contributed by atoms with van der Waals surface area (Å²) >= 11 is 0. The van der Waals surface area contributed by atoms with Crippen molar-refractivity contribution in [1.82, 2.24) is 9.88 Å². The average Bonchev–Trinajstić information content (AvgIpc) is 3.22. The van der Waals surface area contributed by atoms with Crippen LogP contribution in [-0.2, 0) is 10.3 Å². The summed E-state index contributed by atoms with van der Waals surface area (Å²) in [5.41, 5.74) is 6.06.